The topological polar surface area (TPSA) is 43.4 Å². The number of ketones is 1. The molecule has 2 aromatic carbocycles. The number of Topliss-reactive ketones (excluding diaryl/α,β-unsaturated/α-hetero) is 1. The lowest BCUT2D eigenvalue weighted by Gasteiger charge is -2.12. The van der Waals surface area contributed by atoms with E-state index in [1.165, 1.54) is 31.2 Å². The average Bonchev–Trinajstić information content (AvgIpc) is 2.48. The Morgan fingerprint density at radius 3 is 2.15 bits per heavy atom. The average molecular weight is 272 g/mol. The largest absolute Gasteiger partial charge is 0.451 e. The highest BCUT2D eigenvalue weighted by Crippen LogP contribution is 2.10. The summed E-state index contributed by atoms with van der Waals surface area (Å²) in [4.78, 5) is 23.8. The van der Waals surface area contributed by atoms with Crippen LogP contribution < -0.4 is 0 Å². The molecule has 4 heteroatoms. The first-order chi connectivity index (χ1) is 9.58. The van der Waals surface area contributed by atoms with E-state index >= 15 is 0 Å². The van der Waals surface area contributed by atoms with E-state index in [0.717, 1.165) is 0 Å². The van der Waals surface area contributed by atoms with Crippen molar-refractivity contribution < 1.29 is 18.7 Å². The third-order valence-electron chi connectivity index (χ3n) is 2.79. The fourth-order valence-electron chi connectivity index (χ4n) is 1.71. The Balaban J connectivity index is 2.04. The number of benzene rings is 2. The van der Waals surface area contributed by atoms with Gasteiger partial charge in [-0.15, -0.1) is 0 Å². The first kappa shape index (κ1) is 13.9. The van der Waals surface area contributed by atoms with Gasteiger partial charge in [-0.3, -0.25) is 4.79 Å². The Morgan fingerprint density at radius 1 is 0.950 bits per heavy atom. The van der Waals surface area contributed by atoms with Crippen molar-refractivity contribution in [2.24, 2.45) is 0 Å². The predicted octanol–water partition coefficient (Wildman–Crippen LogP) is 3.25. The number of ether oxygens (including phenoxy) is 1. The van der Waals surface area contributed by atoms with Crippen molar-refractivity contribution >= 4 is 11.8 Å². The van der Waals surface area contributed by atoms with Crippen LogP contribution in [0.15, 0.2) is 54.6 Å². The van der Waals surface area contributed by atoms with Gasteiger partial charge in [0.15, 0.2) is 6.10 Å². The van der Waals surface area contributed by atoms with E-state index < -0.39 is 17.9 Å². The second-order valence-corrected chi connectivity index (χ2v) is 4.28. The highest BCUT2D eigenvalue weighted by atomic mass is 19.1. The zero-order valence-corrected chi connectivity index (χ0v) is 10.9. The molecule has 0 unspecified atom stereocenters. The van der Waals surface area contributed by atoms with E-state index in [1.54, 1.807) is 30.3 Å². The lowest BCUT2D eigenvalue weighted by molar-refractivity contribution is 0.0319. The van der Waals surface area contributed by atoms with Crippen LogP contribution in [-0.4, -0.2) is 17.9 Å². The molecular weight excluding hydrogens is 259 g/mol. The summed E-state index contributed by atoms with van der Waals surface area (Å²) in [5.74, 6) is -1.36. The summed E-state index contributed by atoms with van der Waals surface area (Å²) in [5.41, 5.74) is 0.686. The zero-order valence-electron chi connectivity index (χ0n) is 10.9. The highest BCUT2D eigenvalue weighted by molar-refractivity contribution is 6.01. The molecule has 102 valence electrons. The molecule has 0 aliphatic rings. The lowest BCUT2D eigenvalue weighted by Crippen LogP contribution is -2.24. The van der Waals surface area contributed by atoms with E-state index in [4.69, 9.17) is 4.74 Å². The third-order valence-corrected chi connectivity index (χ3v) is 2.79. The lowest BCUT2D eigenvalue weighted by atomic mass is 10.1. The van der Waals surface area contributed by atoms with Crippen LogP contribution in [0.4, 0.5) is 4.39 Å². The van der Waals surface area contributed by atoms with E-state index in [0.29, 0.717) is 5.56 Å². The quantitative estimate of drug-likeness (QED) is 0.634. The molecule has 0 aliphatic carbocycles. The Hall–Kier alpha value is -2.49. The van der Waals surface area contributed by atoms with E-state index in [-0.39, 0.29) is 11.3 Å². The van der Waals surface area contributed by atoms with Gasteiger partial charge >= 0.3 is 5.97 Å². The zero-order chi connectivity index (χ0) is 14.5. The molecule has 0 radical (unpaired) electrons. The van der Waals surface area contributed by atoms with Crippen LogP contribution in [0.2, 0.25) is 0 Å². The molecule has 0 saturated carbocycles. The maximum atomic E-state index is 12.8. The number of hydrogen-bond acceptors (Lipinski definition) is 3. The van der Waals surface area contributed by atoms with E-state index in [1.807, 2.05) is 0 Å². The second kappa shape index (κ2) is 6.10. The molecule has 0 heterocycles. The van der Waals surface area contributed by atoms with Crippen molar-refractivity contribution in [1.82, 2.24) is 0 Å². The molecule has 0 saturated heterocycles. The Labute approximate surface area is 116 Å². The van der Waals surface area contributed by atoms with Crippen LogP contribution >= 0.6 is 0 Å². The monoisotopic (exact) mass is 272 g/mol. The van der Waals surface area contributed by atoms with Gasteiger partial charge in [0, 0.05) is 5.56 Å². The smallest absolute Gasteiger partial charge is 0.338 e. The molecule has 2 aromatic rings. The van der Waals surface area contributed by atoms with Gasteiger partial charge in [0.2, 0.25) is 5.78 Å². The van der Waals surface area contributed by atoms with E-state index in [9.17, 15) is 14.0 Å². The molecule has 0 spiro atoms. The van der Waals surface area contributed by atoms with Gasteiger partial charge in [0.25, 0.3) is 0 Å². The molecule has 3 nitrogen and oxygen atoms in total. The van der Waals surface area contributed by atoms with Gasteiger partial charge in [0.05, 0.1) is 5.56 Å². The van der Waals surface area contributed by atoms with Crippen LogP contribution in [0.25, 0.3) is 0 Å². The SMILES string of the molecule is C[C@H](OC(=O)c1ccc(F)cc1)C(=O)c1ccccc1. The minimum Gasteiger partial charge on any atom is -0.451 e. The summed E-state index contributed by atoms with van der Waals surface area (Å²) in [5, 5.41) is 0. The molecule has 0 fully saturated rings. The molecule has 2 rings (SSSR count). The predicted molar refractivity (Wildman–Crippen MR) is 72.1 cm³/mol. The summed E-state index contributed by atoms with van der Waals surface area (Å²) in [6.45, 7) is 1.51. The third kappa shape index (κ3) is 3.29. The van der Waals surface area contributed by atoms with Crippen molar-refractivity contribution in [1.29, 1.82) is 0 Å². The summed E-state index contributed by atoms with van der Waals surface area (Å²) in [6.07, 6.45) is -0.894. The Kier molecular flexibility index (Phi) is 4.25. The molecule has 0 aliphatic heterocycles. The standard InChI is InChI=1S/C16H13FO3/c1-11(15(18)12-5-3-2-4-6-12)20-16(19)13-7-9-14(17)10-8-13/h2-11H,1H3/t11-/m0/s1. The van der Waals surface area contributed by atoms with Gasteiger partial charge in [-0.25, -0.2) is 9.18 Å². The summed E-state index contributed by atoms with van der Waals surface area (Å²) < 4.78 is 17.8. The van der Waals surface area contributed by atoms with Crippen molar-refractivity contribution in [3.8, 4) is 0 Å². The Morgan fingerprint density at radius 2 is 1.55 bits per heavy atom. The van der Waals surface area contributed by atoms with Gasteiger partial charge in [-0.05, 0) is 31.2 Å². The molecular formula is C16H13FO3. The molecule has 0 N–H and O–H groups in total. The number of carbonyl (C=O) groups excluding carboxylic acids is 2. The van der Waals surface area contributed by atoms with Crippen LogP contribution in [0, 0.1) is 5.82 Å². The van der Waals surface area contributed by atoms with Gasteiger partial charge < -0.3 is 4.74 Å². The van der Waals surface area contributed by atoms with E-state index in [2.05, 4.69) is 0 Å². The minimum absolute atomic E-state index is 0.208. The molecule has 20 heavy (non-hydrogen) atoms. The van der Waals surface area contributed by atoms with Crippen LogP contribution in [0.1, 0.15) is 27.6 Å². The summed E-state index contributed by atoms with van der Waals surface area (Å²) >= 11 is 0. The number of hydrogen-bond donors (Lipinski definition) is 0. The van der Waals surface area contributed by atoms with Crippen LogP contribution in [0.3, 0.4) is 0 Å². The van der Waals surface area contributed by atoms with Gasteiger partial charge in [0.1, 0.15) is 5.82 Å². The second-order valence-electron chi connectivity index (χ2n) is 4.28. The first-order valence-electron chi connectivity index (χ1n) is 6.14. The summed E-state index contributed by atoms with van der Waals surface area (Å²) in [7, 11) is 0. The number of rotatable bonds is 4. The highest BCUT2D eigenvalue weighted by Gasteiger charge is 2.20. The number of esters is 1. The fourth-order valence-corrected chi connectivity index (χ4v) is 1.71. The van der Waals surface area contributed by atoms with Crippen molar-refractivity contribution in [3.05, 3.63) is 71.5 Å². The van der Waals surface area contributed by atoms with Crippen molar-refractivity contribution in [2.45, 2.75) is 13.0 Å². The molecule has 1 atom stereocenters. The van der Waals surface area contributed by atoms with Gasteiger partial charge in [-0.2, -0.15) is 0 Å². The Bertz CT molecular complexity index is 605. The molecule has 0 amide bonds. The maximum absolute atomic E-state index is 12.8. The minimum atomic E-state index is -0.894. The van der Waals surface area contributed by atoms with Crippen molar-refractivity contribution in [2.75, 3.05) is 0 Å². The first-order valence-corrected chi connectivity index (χ1v) is 6.14. The van der Waals surface area contributed by atoms with Gasteiger partial charge in [-0.1, -0.05) is 30.3 Å². The number of carbonyl (C=O) groups is 2. The fraction of sp³-hybridized carbons (Fsp3) is 0.125. The summed E-state index contributed by atoms with van der Waals surface area (Å²) in [6, 6.07) is 13.6. The maximum Gasteiger partial charge on any atom is 0.338 e. The van der Waals surface area contributed by atoms with Crippen LogP contribution in [0.5, 0.6) is 0 Å². The molecule has 0 aromatic heterocycles. The normalized spacial score (nSPS) is 11.7. The van der Waals surface area contributed by atoms with Crippen LogP contribution in [-0.2, 0) is 4.74 Å². The van der Waals surface area contributed by atoms with Crippen molar-refractivity contribution in [3.63, 3.8) is 0 Å². The molecule has 0 bridgehead atoms. The number of halogens is 1.